The Kier molecular flexibility index (Phi) is 7.03. The number of pyridine rings is 1. The summed E-state index contributed by atoms with van der Waals surface area (Å²) in [6, 6.07) is 15.6. The number of anilines is 1. The van der Waals surface area contributed by atoms with E-state index in [1.807, 2.05) is 63.5 Å². The van der Waals surface area contributed by atoms with Gasteiger partial charge in [-0.15, -0.1) is 0 Å². The van der Waals surface area contributed by atoms with Gasteiger partial charge in [0.25, 0.3) is 5.91 Å². The molecule has 0 unspecified atom stereocenters. The Morgan fingerprint density at radius 3 is 2.47 bits per heavy atom. The molecule has 6 heteroatoms. The minimum absolute atomic E-state index is 0.177. The summed E-state index contributed by atoms with van der Waals surface area (Å²) in [6.45, 7) is 6.95. The lowest BCUT2D eigenvalue weighted by molar-refractivity contribution is 0.102. The number of nitrogens with one attached hydrogen (secondary N) is 1. The molecule has 0 aliphatic carbocycles. The van der Waals surface area contributed by atoms with Gasteiger partial charge in [0.15, 0.2) is 0 Å². The van der Waals surface area contributed by atoms with Crippen molar-refractivity contribution in [3.8, 4) is 0 Å². The topological polar surface area (TPSA) is 57.6 Å². The molecule has 0 aliphatic heterocycles. The van der Waals surface area contributed by atoms with Crippen LogP contribution in [0.3, 0.4) is 0 Å². The number of hydrogen-bond acceptors (Lipinski definition) is 5. The van der Waals surface area contributed by atoms with Crippen molar-refractivity contribution < 1.29 is 4.79 Å². The van der Waals surface area contributed by atoms with Gasteiger partial charge in [0, 0.05) is 35.6 Å². The minimum atomic E-state index is -0.177. The second kappa shape index (κ2) is 9.69. The molecule has 3 rings (SSSR count). The summed E-state index contributed by atoms with van der Waals surface area (Å²) in [6.07, 6.45) is 1.77. The van der Waals surface area contributed by atoms with E-state index in [4.69, 9.17) is 0 Å². The monoisotopic (exact) mass is 418 g/mol. The molecule has 1 N–H and O–H groups in total. The number of fused-ring (bicyclic) bond motifs is 1. The van der Waals surface area contributed by atoms with Crippen LogP contribution in [-0.4, -0.2) is 42.0 Å². The fraction of sp³-hybridized carbons (Fsp3) is 0.208. The Balaban J connectivity index is 1.77. The van der Waals surface area contributed by atoms with Crippen LogP contribution in [-0.2, 0) is 6.54 Å². The van der Waals surface area contributed by atoms with Crippen LogP contribution >= 0.6 is 11.8 Å². The van der Waals surface area contributed by atoms with E-state index in [1.54, 1.807) is 25.0 Å². The van der Waals surface area contributed by atoms with E-state index in [-0.39, 0.29) is 5.91 Å². The predicted molar refractivity (Wildman–Crippen MR) is 129 cm³/mol. The Morgan fingerprint density at radius 2 is 1.80 bits per heavy atom. The average Bonchev–Trinajstić information content (AvgIpc) is 2.73. The number of carbonyl (C=O) groups excluding carboxylic acids is 1. The molecule has 0 saturated carbocycles. The van der Waals surface area contributed by atoms with Crippen LogP contribution in [0.4, 0.5) is 5.82 Å². The quantitative estimate of drug-likeness (QED) is 0.436. The van der Waals surface area contributed by atoms with Crippen molar-refractivity contribution in [2.24, 2.45) is 4.99 Å². The first-order valence-corrected chi connectivity index (χ1v) is 10.4. The molecule has 1 amide bonds. The molecule has 3 aromatic rings. The maximum atomic E-state index is 12.6. The van der Waals surface area contributed by atoms with Gasteiger partial charge in [0.1, 0.15) is 5.82 Å². The number of hydrogen-bond donors (Lipinski definition) is 1. The van der Waals surface area contributed by atoms with E-state index in [0.29, 0.717) is 11.4 Å². The second-order valence-corrected chi connectivity index (χ2v) is 8.58. The van der Waals surface area contributed by atoms with Crippen molar-refractivity contribution >= 4 is 44.2 Å². The van der Waals surface area contributed by atoms with Crippen molar-refractivity contribution in [2.45, 2.75) is 13.5 Å². The fourth-order valence-corrected chi connectivity index (χ4v) is 3.67. The zero-order valence-corrected chi connectivity index (χ0v) is 18.6. The van der Waals surface area contributed by atoms with E-state index in [9.17, 15) is 4.79 Å². The van der Waals surface area contributed by atoms with Crippen molar-refractivity contribution in [1.29, 1.82) is 0 Å². The number of rotatable bonds is 6. The van der Waals surface area contributed by atoms with Gasteiger partial charge in [-0.2, -0.15) is 0 Å². The summed E-state index contributed by atoms with van der Waals surface area (Å²) in [5.74, 6) is 0.343. The minimum Gasteiger partial charge on any atom is -0.307 e. The van der Waals surface area contributed by atoms with Gasteiger partial charge in [-0.05, 0) is 61.8 Å². The lowest BCUT2D eigenvalue weighted by atomic mass is 10.1. The highest BCUT2D eigenvalue weighted by Gasteiger charge is 2.09. The number of carbonyl (C=O) groups is 1. The summed E-state index contributed by atoms with van der Waals surface area (Å²) in [7, 11) is 5.81. The average molecular weight is 419 g/mol. The summed E-state index contributed by atoms with van der Waals surface area (Å²) < 4.78 is 0. The number of benzene rings is 2. The number of aliphatic imine (C=N–C) groups is 1. The first kappa shape index (κ1) is 21.7. The zero-order valence-electron chi connectivity index (χ0n) is 17.8. The molecule has 2 aromatic carbocycles. The highest BCUT2D eigenvalue weighted by Crippen LogP contribution is 2.29. The van der Waals surface area contributed by atoms with Crippen LogP contribution in [0.5, 0.6) is 0 Å². The van der Waals surface area contributed by atoms with Crippen molar-refractivity contribution in [3.05, 3.63) is 78.0 Å². The van der Waals surface area contributed by atoms with E-state index in [2.05, 4.69) is 32.8 Å². The molecule has 0 bridgehead atoms. The molecular weight excluding hydrogens is 392 g/mol. The van der Waals surface area contributed by atoms with Crippen molar-refractivity contribution in [1.82, 2.24) is 9.88 Å². The van der Waals surface area contributed by atoms with E-state index in [1.165, 1.54) is 0 Å². The molecule has 0 saturated heterocycles. The van der Waals surface area contributed by atoms with Crippen molar-refractivity contribution in [2.75, 3.05) is 26.5 Å². The standard InChI is InChI=1S/C24H26N4OS/c1-16(30-17(2)25-3)20-10-11-21-14-26-23(13-22(21)12-20)27-24(29)19-8-6-18(7-9-19)15-28(4)5/h6-14H,1,15H2,2-5H3,(H,26,27,29)/b25-17-. The van der Waals surface area contributed by atoms with Crippen LogP contribution in [0.15, 0.2) is 66.3 Å². The molecule has 5 nitrogen and oxygen atoms in total. The maximum Gasteiger partial charge on any atom is 0.256 e. The smallest absolute Gasteiger partial charge is 0.256 e. The van der Waals surface area contributed by atoms with Crippen LogP contribution in [0.1, 0.15) is 28.4 Å². The predicted octanol–water partition coefficient (Wildman–Crippen LogP) is 5.30. The molecule has 1 aromatic heterocycles. The normalized spacial score (nSPS) is 11.7. The highest BCUT2D eigenvalue weighted by molar-refractivity contribution is 8.21. The van der Waals surface area contributed by atoms with E-state index < -0.39 is 0 Å². The third-order valence-electron chi connectivity index (χ3n) is 4.59. The molecule has 0 radical (unpaired) electrons. The van der Waals surface area contributed by atoms with Gasteiger partial charge in [-0.3, -0.25) is 9.79 Å². The summed E-state index contributed by atoms with van der Waals surface area (Å²) in [5, 5.41) is 5.85. The highest BCUT2D eigenvalue weighted by atomic mass is 32.2. The Labute approximate surface area is 181 Å². The van der Waals surface area contributed by atoms with Gasteiger partial charge in [0.05, 0.1) is 5.04 Å². The molecule has 0 spiro atoms. The van der Waals surface area contributed by atoms with Crippen LogP contribution in [0.25, 0.3) is 15.7 Å². The lowest BCUT2D eigenvalue weighted by Crippen LogP contribution is -2.14. The number of thioether (sulfide) groups is 1. The van der Waals surface area contributed by atoms with Crippen molar-refractivity contribution in [3.63, 3.8) is 0 Å². The molecule has 1 heterocycles. The summed E-state index contributed by atoms with van der Waals surface area (Å²) >= 11 is 1.55. The van der Waals surface area contributed by atoms with Crippen LogP contribution < -0.4 is 5.32 Å². The third kappa shape index (κ3) is 5.55. The Morgan fingerprint density at radius 1 is 1.10 bits per heavy atom. The first-order valence-electron chi connectivity index (χ1n) is 9.61. The number of nitrogens with zero attached hydrogens (tertiary/aromatic N) is 3. The van der Waals surface area contributed by atoms with Crippen LogP contribution in [0, 0.1) is 0 Å². The fourth-order valence-electron chi connectivity index (χ4n) is 2.98. The molecule has 0 aliphatic rings. The maximum absolute atomic E-state index is 12.6. The summed E-state index contributed by atoms with van der Waals surface area (Å²) in [5.41, 5.74) is 2.79. The number of aromatic nitrogens is 1. The SMILES string of the molecule is C=C(S/C(C)=N\C)c1ccc2cnc(NC(=O)c3ccc(CN(C)C)cc3)cc2c1. The molecule has 30 heavy (non-hydrogen) atoms. The van der Waals surface area contributed by atoms with Gasteiger partial charge in [-0.1, -0.05) is 42.6 Å². The molecule has 154 valence electrons. The number of amides is 1. The van der Waals surface area contributed by atoms with Gasteiger partial charge in [0.2, 0.25) is 0 Å². The Bertz CT molecular complexity index is 1100. The van der Waals surface area contributed by atoms with E-state index >= 15 is 0 Å². The van der Waals surface area contributed by atoms with E-state index in [0.717, 1.165) is 38.4 Å². The first-order chi connectivity index (χ1) is 14.4. The van der Waals surface area contributed by atoms with Gasteiger partial charge in [-0.25, -0.2) is 4.98 Å². The molecule has 0 atom stereocenters. The Hall–Kier alpha value is -2.96. The van der Waals surface area contributed by atoms with Gasteiger partial charge < -0.3 is 10.2 Å². The largest absolute Gasteiger partial charge is 0.307 e. The lowest BCUT2D eigenvalue weighted by Gasteiger charge is -2.11. The molecular formula is C24H26N4OS. The second-order valence-electron chi connectivity index (χ2n) is 7.29. The van der Waals surface area contributed by atoms with Gasteiger partial charge >= 0.3 is 0 Å². The molecule has 0 fully saturated rings. The zero-order chi connectivity index (χ0) is 21.7. The third-order valence-corrected chi connectivity index (χ3v) is 5.55. The summed E-state index contributed by atoms with van der Waals surface area (Å²) in [4.78, 5) is 24.2. The van der Waals surface area contributed by atoms with Crippen LogP contribution in [0.2, 0.25) is 0 Å².